The van der Waals surface area contributed by atoms with Gasteiger partial charge < -0.3 is 15.1 Å². The van der Waals surface area contributed by atoms with E-state index in [1.165, 1.54) is 0 Å². The Morgan fingerprint density at radius 3 is 2.52 bits per heavy atom. The zero-order valence-electron chi connectivity index (χ0n) is 14.4. The summed E-state index contributed by atoms with van der Waals surface area (Å²) in [5.74, 6) is 1.45. The third-order valence-electron chi connectivity index (χ3n) is 4.28. The summed E-state index contributed by atoms with van der Waals surface area (Å²) in [6.45, 7) is 3.93. The van der Waals surface area contributed by atoms with Gasteiger partial charge in [-0.15, -0.1) is 0 Å². The molecule has 1 aromatic carbocycles. The van der Waals surface area contributed by atoms with Crippen LogP contribution in [0.2, 0.25) is 0 Å². The number of hydrogen-bond donors (Lipinski definition) is 1. The molecule has 25 heavy (non-hydrogen) atoms. The number of aryl methyl sites for hydroxylation is 1. The van der Waals surface area contributed by atoms with Gasteiger partial charge in [0.15, 0.2) is 0 Å². The topological polar surface area (TPSA) is 79.8 Å². The largest absolute Gasteiger partial charge is 0.465 e. The van der Waals surface area contributed by atoms with Crippen LogP contribution < -0.4 is 10.6 Å². The number of nitrogens with two attached hydrogens (primary N) is 1. The fraction of sp³-hybridized carbons (Fsp3) is 0.368. The number of primary amides is 1. The van der Waals surface area contributed by atoms with Crippen molar-refractivity contribution in [3.05, 3.63) is 53.5 Å². The molecule has 6 nitrogen and oxygen atoms in total. The highest BCUT2D eigenvalue weighted by molar-refractivity contribution is 5.95. The molecule has 1 aromatic heterocycles. The molecule has 132 valence electrons. The number of nitrogens with zero attached hydrogens (tertiary/aromatic N) is 2. The van der Waals surface area contributed by atoms with Gasteiger partial charge in [0.1, 0.15) is 11.5 Å². The van der Waals surface area contributed by atoms with E-state index in [2.05, 4.69) is 0 Å². The molecule has 1 aliphatic rings. The van der Waals surface area contributed by atoms with E-state index in [9.17, 15) is 9.59 Å². The third kappa shape index (κ3) is 4.48. The minimum absolute atomic E-state index is 0.159. The number of furan rings is 1. The van der Waals surface area contributed by atoms with Crippen LogP contribution in [-0.2, 0) is 22.7 Å². The Morgan fingerprint density at radius 1 is 1.20 bits per heavy atom. The van der Waals surface area contributed by atoms with Gasteiger partial charge in [-0.25, -0.2) is 0 Å². The van der Waals surface area contributed by atoms with Crippen molar-refractivity contribution in [2.75, 3.05) is 18.0 Å². The van der Waals surface area contributed by atoms with Gasteiger partial charge in [0, 0.05) is 25.2 Å². The van der Waals surface area contributed by atoms with Gasteiger partial charge in [-0.1, -0.05) is 12.1 Å². The monoisotopic (exact) mass is 341 g/mol. The number of anilines is 1. The normalized spacial score (nSPS) is 14.5. The van der Waals surface area contributed by atoms with Gasteiger partial charge >= 0.3 is 0 Å². The molecular formula is C19H23N3O3. The van der Waals surface area contributed by atoms with E-state index in [0.717, 1.165) is 35.7 Å². The molecule has 0 radical (unpaired) electrons. The third-order valence-corrected chi connectivity index (χ3v) is 4.28. The summed E-state index contributed by atoms with van der Waals surface area (Å²) in [7, 11) is 0. The van der Waals surface area contributed by atoms with Crippen molar-refractivity contribution >= 4 is 17.5 Å². The molecule has 0 bridgehead atoms. The van der Waals surface area contributed by atoms with Gasteiger partial charge in [-0.2, -0.15) is 0 Å². The molecule has 2 aromatic rings. The molecule has 0 aliphatic carbocycles. The molecule has 0 spiro atoms. The van der Waals surface area contributed by atoms with Crippen LogP contribution in [0.1, 0.15) is 29.9 Å². The summed E-state index contributed by atoms with van der Waals surface area (Å²) < 4.78 is 5.59. The van der Waals surface area contributed by atoms with Gasteiger partial charge in [-0.3, -0.25) is 14.5 Å². The van der Waals surface area contributed by atoms with E-state index in [4.69, 9.17) is 10.2 Å². The summed E-state index contributed by atoms with van der Waals surface area (Å²) >= 11 is 0. The number of hydrogen-bond acceptors (Lipinski definition) is 4. The lowest BCUT2D eigenvalue weighted by Crippen LogP contribution is -2.33. The predicted octanol–water partition coefficient (Wildman–Crippen LogP) is 2.20. The average Bonchev–Trinajstić information content (AvgIpc) is 3.16. The molecule has 1 fully saturated rings. The second-order valence-corrected chi connectivity index (χ2v) is 6.44. The first-order valence-electron chi connectivity index (χ1n) is 8.46. The van der Waals surface area contributed by atoms with Gasteiger partial charge in [0.2, 0.25) is 11.8 Å². The maximum Gasteiger partial charge on any atom is 0.231 e. The summed E-state index contributed by atoms with van der Waals surface area (Å²) in [5.41, 5.74) is 7.35. The minimum atomic E-state index is -0.373. The molecule has 1 aliphatic heterocycles. The van der Waals surface area contributed by atoms with Crippen LogP contribution in [0.3, 0.4) is 0 Å². The predicted molar refractivity (Wildman–Crippen MR) is 94.8 cm³/mol. The van der Waals surface area contributed by atoms with E-state index >= 15 is 0 Å². The van der Waals surface area contributed by atoms with Gasteiger partial charge in [0.05, 0.1) is 13.1 Å². The number of amides is 2. The van der Waals surface area contributed by atoms with E-state index in [1.54, 1.807) is 0 Å². The summed E-state index contributed by atoms with van der Waals surface area (Å²) in [6.07, 6.45) is 1.53. The fourth-order valence-electron chi connectivity index (χ4n) is 3.14. The van der Waals surface area contributed by atoms with Crippen molar-refractivity contribution in [1.29, 1.82) is 0 Å². The first-order valence-corrected chi connectivity index (χ1v) is 8.46. The Labute approximate surface area is 147 Å². The summed E-state index contributed by atoms with van der Waals surface area (Å²) in [6, 6.07) is 11.7. The Bertz CT molecular complexity index is 752. The Hall–Kier alpha value is -2.60. The Kier molecular flexibility index (Phi) is 5.19. The van der Waals surface area contributed by atoms with Crippen LogP contribution in [0.5, 0.6) is 0 Å². The summed E-state index contributed by atoms with van der Waals surface area (Å²) in [4.78, 5) is 26.9. The van der Waals surface area contributed by atoms with Crippen LogP contribution >= 0.6 is 0 Å². The molecule has 1 saturated heterocycles. The lowest BCUT2D eigenvalue weighted by molar-refractivity contribution is -0.119. The highest BCUT2D eigenvalue weighted by Crippen LogP contribution is 2.22. The zero-order valence-corrected chi connectivity index (χ0v) is 14.4. The molecule has 0 unspecified atom stereocenters. The van der Waals surface area contributed by atoms with Crippen LogP contribution in [0.4, 0.5) is 5.69 Å². The number of rotatable bonds is 7. The maximum atomic E-state index is 11.8. The van der Waals surface area contributed by atoms with Gasteiger partial charge in [0.25, 0.3) is 0 Å². The number of benzene rings is 1. The second kappa shape index (κ2) is 7.53. The molecule has 2 heterocycles. The van der Waals surface area contributed by atoms with E-state index in [0.29, 0.717) is 19.5 Å². The van der Waals surface area contributed by atoms with Crippen LogP contribution in [0.25, 0.3) is 0 Å². The van der Waals surface area contributed by atoms with Crippen molar-refractivity contribution in [3.8, 4) is 0 Å². The number of carbonyl (C=O) groups excluding carboxylic acids is 2. The first-order chi connectivity index (χ1) is 12.0. The average molecular weight is 341 g/mol. The fourth-order valence-corrected chi connectivity index (χ4v) is 3.14. The molecular weight excluding hydrogens is 318 g/mol. The highest BCUT2D eigenvalue weighted by Gasteiger charge is 2.21. The smallest absolute Gasteiger partial charge is 0.231 e. The highest BCUT2D eigenvalue weighted by atomic mass is 16.3. The quantitative estimate of drug-likeness (QED) is 0.837. The van der Waals surface area contributed by atoms with E-state index in [1.807, 2.05) is 53.1 Å². The molecule has 2 amide bonds. The Morgan fingerprint density at radius 2 is 1.96 bits per heavy atom. The van der Waals surface area contributed by atoms with Crippen molar-refractivity contribution in [1.82, 2.24) is 4.90 Å². The SMILES string of the molecule is Cc1ccc(CN(CC(N)=O)Cc2ccc(N3CCCC3=O)cc2)o1. The molecule has 0 saturated carbocycles. The second-order valence-electron chi connectivity index (χ2n) is 6.44. The Balaban J connectivity index is 1.68. The van der Waals surface area contributed by atoms with Crippen LogP contribution in [0, 0.1) is 6.92 Å². The maximum absolute atomic E-state index is 11.8. The van der Waals surface area contributed by atoms with E-state index < -0.39 is 0 Å². The summed E-state index contributed by atoms with van der Waals surface area (Å²) in [5, 5.41) is 0. The first kappa shape index (κ1) is 17.2. The van der Waals surface area contributed by atoms with Crippen molar-refractivity contribution < 1.29 is 14.0 Å². The van der Waals surface area contributed by atoms with Crippen LogP contribution in [0.15, 0.2) is 40.8 Å². The van der Waals surface area contributed by atoms with Crippen molar-refractivity contribution in [2.45, 2.75) is 32.9 Å². The van der Waals surface area contributed by atoms with Crippen molar-refractivity contribution in [2.24, 2.45) is 5.73 Å². The van der Waals surface area contributed by atoms with Crippen LogP contribution in [-0.4, -0.2) is 29.8 Å². The standard InChI is InChI=1S/C19H23N3O3/c1-14-4-9-17(25-14)12-21(13-18(20)23)11-15-5-7-16(8-6-15)22-10-2-3-19(22)24/h4-9H,2-3,10-13H2,1H3,(H2,20,23). The molecule has 2 N–H and O–H groups in total. The zero-order chi connectivity index (χ0) is 17.8. The number of carbonyl (C=O) groups is 2. The molecule has 6 heteroatoms. The van der Waals surface area contributed by atoms with Gasteiger partial charge in [-0.05, 0) is 43.2 Å². The minimum Gasteiger partial charge on any atom is -0.465 e. The molecule has 0 atom stereocenters. The molecule has 3 rings (SSSR count). The lowest BCUT2D eigenvalue weighted by atomic mass is 10.1. The lowest BCUT2D eigenvalue weighted by Gasteiger charge is -2.21. The van der Waals surface area contributed by atoms with E-state index in [-0.39, 0.29) is 18.4 Å². The van der Waals surface area contributed by atoms with Crippen molar-refractivity contribution in [3.63, 3.8) is 0 Å².